The monoisotopic (exact) mass is 535 g/mol. The van der Waals surface area contributed by atoms with E-state index in [0.717, 1.165) is 43.9 Å². The van der Waals surface area contributed by atoms with Crippen LogP contribution >= 0.6 is 27.7 Å². The van der Waals surface area contributed by atoms with E-state index in [2.05, 4.69) is 41.4 Å². The lowest BCUT2D eigenvalue weighted by Crippen LogP contribution is -2.13. The van der Waals surface area contributed by atoms with Crippen molar-refractivity contribution in [3.05, 3.63) is 71.2 Å². The Morgan fingerprint density at radius 2 is 1.82 bits per heavy atom. The minimum absolute atomic E-state index is 0.155. The topological polar surface area (TPSA) is 106 Å². The van der Waals surface area contributed by atoms with Crippen molar-refractivity contribution in [2.45, 2.75) is 5.22 Å². The van der Waals surface area contributed by atoms with Crippen LogP contribution in [-0.4, -0.2) is 38.9 Å². The van der Waals surface area contributed by atoms with Crippen molar-refractivity contribution in [2.24, 2.45) is 0 Å². The predicted octanol–water partition coefficient (Wildman–Crippen LogP) is 5.78. The van der Waals surface area contributed by atoms with Crippen LogP contribution in [0.25, 0.3) is 33.9 Å². The molecule has 34 heavy (non-hydrogen) atoms. The van der Waals surface area contributed by atoms with Crippen molar-refractivity contribution in [2.75, 3.05) is 18.2 Å². The molecule has 0 fully saturated rings. The highest BCUT2D eigenvalue weighted by molar-refractivity contribution is 9.10. The van der Waals surface area contributed by atoms with E-state index < -0.39 is 0 Å². The Balaban J connectivity index is 1.26. The number of methoxy groups -OCH3 is 1. The number of anilines is 1. The molecule has 2 N–H and O–H groups in total. The van der Waals surface area contributed by atoms with Crippen LogP contribution in [0, 0.1) is 0 Å². The Kier molecular flexibility index (Phi) is 6.33. The summed E-state index contributed by atoms with van der Waals surface area (Å²) in [6, 6.07) is 20.8. The number of fused-ring (bicyclic) bond motifs is 1. The lowest BCUT2D eigenvalue weighted by molar-refractivity contribution is -0.113. The first kappa shape index (κ1) is 22.2. The van der Waals surface area contributed by atoms with Crippen molar-refractivity contribution < 1.29 is 13.9 Å². The van der Waals surface area contributed by atoms with Crippen molar-refractivity contribution in [3.8, 4) is 28.6 Å². The Bertz CT molecular complexity index is 1450. The number of H-pyrrole nitrogens is 1. The van der Waals surface area contributed by atoms with Gasteiger partial charge in [-0.2, -0.15) is 0 Å². The summed E-state index contributed by atoms with van der Waals surface area (Å²) in [5.74, 6) is 1.92. The van der Waals surface area contributed by atoms with Crippen LogP contribution in [0.5, 0.6) is 5.75 Å². The molecule has 5 rings (SSSR count). The summed E-state index contributed by atoms with van der Waals surface area (Å²) < 4.78 is 11.9. The standard InChI is InChI=1S/C24H18BrN5O3S/c1-32-18-9-2-14(3-10-18)22-27-19-11-4-15(12-20(19)28-22)23-29-30-24(33-23)34-13-21(31)26-17-7-5-16(25)6-8-17/h2-12H,13H2,1H3,(H,26,31)(H,27,28). The molecule has 0 spiro atoms. The van der Waals surface area contributed by atoms with E-state index in [1.54, 1.807) is 7.11 Å². The number of imidazole rings is 1. The molecule has 8 nitrogen and oxygen atoms in total. The van der Waals surface area contributed by atoms with Gasteiger partial charge in [-0.3, -0.25) is 4.79 Å². The summed E-state index contributed by atoms with van der Waals surface area (Å²) in [6.45, 7) is 0. The van der Waals surface area contributed by atoms with Crippen LogP contribution < -0.4 is 10.1 Å². The first-order valence-corrected chi connectivity index (χ1v) is 12.0. The fourth-order valence-corrected chi connectivity index (χ4v) is 4.10. The number of ether oxygens (including phenoxy) is 1. The minimum Gasteiger partial charge on any atom is -0.497 e. The van der Waals surface area contributed by atoms with Crippen LogP contribution in [0.15, 0.2) is 80.8 Å². The number of rotatable bonds is 7. The van der Waals surface area contributed by atoms with Crippen LogP contribution in [0.2, 0.25) is 0 Å². The number of aromatic amines is 1. The molecule has 0 radical (unpaired) electrons. The van der Waals surface area contributed by atoms with Gasteiger partial charge in [-0.25, -0.2) is 4.98 Å². The molecule has 0 aliphatic heterocycles. The van der Waals surface area contributed by atoms with Gasteiger partial charge in [0.25, 0.3) is 5.22 Å². The molecule has 170 valence electrons. The Labute approximate surface area is 207 Å². The summed E-state index contributed by atoms with van der Waals surface area (Å²) >= 11 is 4.55. The molecule has 0 saturated carbocycles. The molecular weight excluding hydrogens is 518 g/mol. The molecule has 1 amide bonds. The van der Waals surface area contributed by atoms with Crippen molar-refractivity contribution in [1.29, 1.82) is 0 Å². The van der Waals surface area contributed by atoms with Gasteiger partial charge in [0, 0.05) is 21.3 Å². The number of aromatic nitrogens is 4. The maximum Gasteiger partial charge on any atom is 0.277 e. The number of carbonyl (C=O) groups excluding carboxylic acids is 1. The maximum absolute atomic E-state index is 12.2. The number of nitrogens with one attached hydrogen (secondary N) is 2. The zero-order valence-electron chi connectivity index (χ0n) is 17.9. The summed E-state index contributed by atoms with van der Waals surface area (Å²) in [4.78, 5) is 20.2. The molecule has 0 bridgehead atoms. The van der Waals surface area contributed by atoms with Gasteiger partial charge in [-0.15, -0.1) is 10.2 Å². The first-order valence-electron chi connectivity index (χ1n) is 10.2. The number of amides is 1. The van der Waals surface area contributed by atoms with Crippen molar-refractivity contribution in [1.82, 2.24) is 20.2 Å². The molecule has 0 aliphatic carbocycles. The maximum atomic E-state index is 12.2. The van der Waals surface area contributed by atoms with Gasteiger partial charge >= 0.3 is 0 Å². The second-order valence-corrected chi connectivity index (χ2v) is 9.10. The minimum atomic E-state index is -0.156. The highest BCUT2D eigenvalue weighted by Crippen LogP contribution is 2.28. The predicted molar refractivity (Wildman–Crippen MR) is 135 cm³/mol. The van der Waals surface area contributed by atoms with Gasteiger partial charge in [0.2, 0.25) is 11.8 Å². The molecule has 0 aliphatic rings. The summed E-state index contributed by atoms with van der Waals surface area (Å²) in [5, 5.41) is 11.3. The quantitative estimate of drug-likeness (QED) is 0.254. The Morgan fingerprint density at radius 3 is 2.59 bits per heavy atom. The summed E-state index contributed by atoms with van der Waals surface area (Å²) in [7, 11) is 1.64. The third kappa shape index (κ3) is 4.97. The van der Waals surface area contributed by atoms with Gasteiger partial charge in [-0.05, 0) is 66.7 Å². The largest absolute Gasteiger partial charge is 0.497 e. The molecule has 0 atom stereocenters. The lowest BCUT2D eigenvalue weighted by Gasteiger charge is -2.03. The van der Waals surface area contributed by atoms with Crippen molar-refractivity contribution >= 4 is 50.3 Å². The van der Waals surface area contributed by atoms with E-state index in [1.165, 1.54) is 11.8 Å². The summed E-state index contributed by atoms with van der Waals surface area (Å²) in [5.41, 5.74) is 4.12. The van der Waals surface area contributed by atoms with Crippen LogP contribution in [0.4, 0.5) is 5.69 Å². The third-order valence-corrected chi connectivity index (χ3v) is 6.30. The molecule has 3 aromatic carbocycles. The molecule has 10 heteroatoms. The average molecular weight is 536 g/mol. The molecule has 5 aromatic rings. The number of halogens is 1. The second-order valence-electron chi connectivity index (χ2n) is 7.26. The molecule has 2 aromatic heterocycles. The number of hydrogen-bond acceptors (Lipinski definition) is 7. The Hall–Kier alpha value is -3.63. The van der Waals surface area contributed by atoms with E-state index in [0.29, 0.717) is 11.1 Å². The van der Waals surface area contributed by atoms with Gasteiger partial charge in [0.05, 0.1) is 23.9 Å². The van der Waals surface area contributed by atoms with E-state index in [9.17, 15) is 4.79 Å². The highest BCUT2D eigenvalue weighted by Gasteiger charge is 2.13. The normalized spacial score (nSPS) is 11.0. The van der Waals surface area contributed by atoms with Gasteiger partial charge in [0.15, 0.2) is 0 Å². The zero-order valence-corrected chi connectivity index (χ0v) is 20.3. The van der Waals surface area contributed by atoms with E-state index in [1.807, 2.05) is 66.7 Å². The van der Waals surface area contributed by atoms with E-state index in [-0.39, 0.29) is 11.7 Å². The van der Waals surface area contributed by atoms with E-state index >= 15 is 0 Å². The number of benzene rings is 3. The second kappa shape index (κ2) is 9.70. The van der Waals surface area contributed by atoms with Gasteiger partial charge in [-0.1, -0.05) is 27.7 Å². The van der Waals surface area contributed by atoms with Crippen LogP contribution in [0.3, 0.4) is 0 Å². The third-order valence-electron chi connectivity index (χ3n) is 4.95. The SMILES string of the molecule is COc1ccc(-c2nc3ccc(-c4nnc(SCC(=O)Nc5ccc(Br)cc5)o4)cc3[nH]2)cc1. The van der Waals surface area contributed by atoms with E-state index in [4.69, 9.17) is 9.15 Å². The molecule has 2 heterocycles. The van der Waals surface area contributed by atoms with Crippen LogP contribution in [0.1, 0.15) is 0 Å². The highest BCUT2D eigenvalue weighted by atomic mass is 79.9. The van der Waals surface area contributed by atoms with Crippen molar-refractivity contribution in [3.63, 3.8) is 0 Å². The first-order chi connectivity index (χ1) is 16.6. The Morgan fingerprint density at radius 1 is 1.06 bits per heavy atom. The fourth-order valence-electron chi connectivity index (χ4n) is 3.27. The fraction of sp³-hybridized carbons (Fsp3) is 0.0833. The number of nitrogens with zero attached hydrogens (tertiary/aromatic N) is 3. The van der Waals surface area contributed by atoms with Gasteiger partial charge in [0.1, 0.15) is 11.6 Å². The number of carbonyl (C=O) groups is 1. The molecule has 0 saturated heterocycles. The number of thioether (sulfide) groups is 1. The van der Waals surface area contributed by atoms with Crippen LogP contribution in [-0.2, 0) is 4.79 Å². The molecular formula is C24H18BrN5O3S. The lowest BCUT2D eigenvalue weighted by atomic mass is 10.2. The summed E-state index contributed by atoms with van der Waals surface area (Å²) in [6.07, 6.45) is 0. The zero-order chi connectivity index (χ0) is 23.5. The smallest absolute Gasteiger partial charge is 0.277 e. The molecule has 0 unspecified atom stereocenters. The average Bonchev–Trinajstić information content (AvgIpc) is 3.51. The number of hydrogen-bond donors (Lipinski definition) is 2. The van der Waals surface area contributed by atoms with Gasteiger partial charge < -0.3 is 19.5 Å².